The molecule has 1 aliphatic carbocycles. The Bertz CT molecular complexity index is 158. The molecule has 3 nitrogen and oxygen atoms in total. The highest BCUT2D eigenvalue weighted by molar-refractivity contribution is 6.40. The third kappa shape index (κ3) is 1.28. The van der Waals surface area contributed by atoms with Gasteiger partial charge in [0, 0.05) is 5.92 Å². The third-order valence-electron chi connectivity index (χ3n) is 1.45. The molecular weight excluding hydrogens is 118 g/mol. The van der Waals surface area contributed by atoms with Crippen molar-refractivity contribution in [2.45, 2.75) is 19.8 Å². The first-order valence-electron chi connectivity index (χ1n) is 2.98. The Morgan fingerprint density at radius 1 is 1.67 bits per heavy atom. The van der Waals surface area contributed by atoms with Gasteiger partial charge < -0.3 is 5.21 Å². The number of carbonyl (C=O) groups is 1. The molecule has 0 aromatic heterocycles. The number of oxime groups is 1. The molecule has 0 aromatic carbocycles. The van der Waals surface area contributed by atoms with Crippen LogP contribution in [0.1, 0.15) is 19.8 Å². The largest absolute Gasteiger partial charge is 0.411 e. The maximum absolute atomic E-state index is 10.8. The first-order valence-corrected chi connectivity index (χ1v) is 2.98. The fraction of sp³-hybridized carbons (Fsp3) is 0.667. The summed E-state index contributed by atoms with van der Waals surface area (Å²) in [6, 6.07) is 0. The molecule has 9 heavy (non-hydrogen) atoms. The maximum Gasteiger partial charge on any atom is 0.183 e. The van der Waals surface area contributed by atoms with Crippen LogP contribution >= 0.6 is 0 Å². The number of hydrogen-bond donors (Lipinski definition) is 1. The third-order valence-corrected chi connectivity index (χ3v) is 1.45. The summed E-state index contributed by atoms with van der Waals surface area (Å²) in [6.45, 7) is 1.53. The monoisotopic (exact) mass is 127 g/mol. The lowest BCUT2D eigenvalue weighted by Crippen LogP contribution is -2.11. The van der Waals surface area contributed by atoms with Crippen molar-refractivity contribution < 1.29 is 10.0 Å². The van der Waals surface area contributed by atoms with Crippen molar-refractivity contribution >= 4 is 11.5 Å². The lowest BCUT2D eigenvalue weighted by Gasteiger charge is -1.90. The molecule has 0 aromatic rings. The van der Waals surface area contributed by atoms with Gasteiger partial charge in [-0.1, -0.05) is 5.16 Å². The van der Waals surface area contributed by atoms with Gasteiger partial charge in [0.25, 0.3) is 0 Å². The number of Topliss-reactive ketones (excluding diaryl/α,β-unsaturated/α-hetero) is 1. The van der Waals surface area contributed by atoms with Crippen LogP contribution in [0.5, 0.6) is 0 Å². The summed E-state index contributed by atoms with van der Waals surface area (Å²) >= 11 is 0. The van der Waals surface area contributed by atoms with Gasteiger partial charge >= 0.3 is 0 Å². The van der Waals surface area contributed by atoms with Gasteiger partial charge in [0.05, 0.1) is 0 Å². The van der Waals surface area contributed by atoms with Gasteiger partial charge in [-0.2, -0.15) is 0 Å². The number of rotatable bonds is 2. The summed E-state index contributed by atoms with van der Waals surface area (Å²) in [4.78, 5) is 10.8. The minimum atomic E-state index is -0.00231. The van der Waals surface area contributed by atoms with Crippen LogP contribution in [-0.2, 0) is 4.79 Å². The van der Waals surface area contributed by atoms with Crippen LogP contribution in [0.15, 0.2) is 5.16 Å². The number of ketones is 1. The van der Waals surface area contributed by atoms with Crippen LogP contribution in [0.2, 0.25) is 0 Å². The summed E-state index contributed by atoms with van der Waals surface area (Å²) in [7, 11) is 0. The van der Waals surface area contributed by atoms with E-state index in [4.69, 9.17) is 5.21 Å². The molecule has 0 saturated heterocycles. The molecule has 0 spiro atoms. The first kappa shape index (κ1) is 6.26. The van der Waals surface area contributed by atoms with E-state index >= 15 is 0 Å². The second-order valence-electron chi connectivity index (χ2n) is 2.32. The maximum atomic E-state index is 10.8. The molecule has 1 rings (SSSR count). The molecule has 3 heteroatoms. The highest BCUT2D eigenvalue weighted by atomic mass is 16.4. The Labute approximate surface area is 53.4 Å². The van der Waals surface area contributed by atoms with E-state index in [0.717, 1.165) is 12.8 Å². The van der Waals surface area contributed by atoms with Gasteiger partial charge in [-0.25, -0.2) is 0 Å². The molecule has 1 N–H and O–H groups in total. The summed E-state index contributed by atoms with van der Waals surface area (Å²) in [5.74, 6) is 0.165. The molecule has 0 atom stereocenters. The van der Waals surface area contributed by atoms with Crippen molar-refractivity contribution in [3.63, 3.8) is 0 Å². The summed E-state index contributed by atoms with van der Waals surface area (Å²) in [5, 5.41) is 11.0. The first-order chi connectivity index (χ1) is 4.25. The Balaban J connectivity index is 2.50. The number of hydrogen-bond acceptors (Lipinski definition) is 3. The predicted octanol–water partition coefficient (Wildman–Crippen LogP) is 0.816. The molecule has 0 amide bonds. The second kappa shape index (κ2) is 2.17. The normalized spacial score (nSPS) is 19.9. The molecule has 0 unspecified atom stereocenters. The Morgan fingerprint density at radius 2 is 2.22 bits per heavy atom. The van der Waals surface area contributed by atoms with Crippen LogP contribution < -0.4 is 0 Å². The molecule has 0 bridgehead atoms. The van der Waals surface area contributed by atoms with Gasteiger partial charge in [-0.3, -0.25) is 4.79 Å². The van der Waals surface area contributed by atoms with Crippen molar-refractivity contribution in [3.8, 4) is 0 Å². The van der Waals surface area contributed by atoms with E-state index in [-0.39, 0.29) is 17.4 Å². The van der Waals surface area contributed by atoms with E-state index < -0.39 is 0 Å². The minimum absolute atomic E-state index is 0.00231. The fourth-order valence-electron chi connectivity index (χ4n) is 0.690. The van der Waals surface area contributed by atoms with Crippen LogP contribution in [0.25, 0.3) is 0 Å². The lowest BCUT2D eigenvalue weighted by atomic mass is 10.2. The Kier molecular flexibility index (Phi) is 1.51. The van der Waals surface area contributed by atoms with Crippen LogP contribution in [0.3, 0.4) is 0 Å². The van der Waals surface area contributed by atoms with E-state index in [0.29, 0.717) is 0 Å². The van der Waals surface area contributed by atoms with Gasteiger partial charge in [0.15, 0.2) is 5.78 Å². The van der Waals surface area contributed by atoms with E-state index in [9.17, 15) is 4.79 Å². The zero-order chi connectivity index (χ0) is 6.85. The average molecular weight is 127 g/mol. The van der Waals surface area contributed by atoms with Gasteiger partial charge in [0.2, 0.25) is 0 Å². The predicted molar refractivity (Wildman–Crippen MR) is 32.6 cm³/mol. The molecule has 1 saturated carbocycles. The standard InChI is InChI=1S/C6H9NO2/c1-4(7-9)6(8)5-2-3-5/h5,9H,2-3H2,1H3/b7-4+. The number of carbonyl (C=O) groups excluding carboxylic acids is 1. The molecule has 0 aliphatic heterocycles. The SMILES string of the molecule is C/C(=N\O)C(=O)C1CC1. The van der Waals surface area contributed by atoms with Gasteiger partial charge in [-0.15, -0.1) is 0 Å². The van der Waals surface area contributed by atoms with Crippen molar-refractivity contribution in [1.82, 2.24) is 0 Å². The Morgan fingerprint density at radius 3 is 2.56 bits per heavy atom. The molecule has 0 radical (unpaired) electrons. The summed E-state index contributed by atoms with van der Waals surface area (Å²) in [6.07, 6.45) is 1.93. The molecule has 50 valence electrons. The van der Waals surface area contributed by atoms with E-state index in [1.165, 1.54) is 6.92 Å². The van der Waals surface area contributed by atoms with E-state index in [1.54, 1.807) is 0 Å². The zero-order valence-electron chi connectivity index (χ0n) is 5.29. The molecular formula is C6H9NO2. The quantitative estimate of drug-likeness (QED) is 0.339. The van der Waals surface area contributed by atoms with Gasteiger partial charge in [0.1, 0.15) is 5.71 Å². The van der Waals surface area contributed by atoms with Crippen molar-refractivity contribution in [2.75, 3.05) is 0 Å². The van der Waals surface area contributed by atoms with Crippen molar-refractivity contribution in [3.05, 3.63) is 0 Å². The smallest absolute Gasteiger partial charge is 0.183 e. The molecule has 0 heterocycles. The van der Waals surface area contributed by atoms with E-state index in [2.05, 4.69) is 5.16 Å². The molecule has 1 fully saturated rings. The van der Waals surface area contributed by atoms with Crippen molar-refractivity contribution in [1.29, 1.82) is 0 Å². The second-order valence-corrected chi connectivity index (χ2v) is 2.32. The topological polar surface area (TPSA) is 49.7 Å². The summed E-state index contributed by atoms with van der Waals surface area (Å²) in [5.41, 5.74) is 0.234. The zero-order valence-corrected chi connectivity index (χ0v) is 5.29. The number of nitrogens with zero attached hydrogens (tertiary/aromatic N) is 1. The fourth-order valence-corrected chi connectivity index (χ4v) is 0.690. The highest BCUT2D eigenvalue weighted by Crippen LogP contribution is 2.29. The minimum Gasteiger partial charge on any atom is -0.411 e. The summed E-state index contributed by atoms with van der Waals surface area (Å²) < 4.78 is 0. The van der Waals surface area contributed by atoms with Crippen molar-refractivity contribution in [2.24, 2.45) is 11.1 Å². The lowest BCUT2D eigenvalue weighted by molar-refractivity contribution is -0.114. The van der Waals surface area contributed by atoms with E-state index in [1.807, 2.05) is 0 Å². The van der Waals surface area contributed by atoms with Gasteiger partial charge in [-0.05, 0) is 19.8 Å². The average Bonchev–Trinajstić information content (AvgIpc) is 2.66. The van der Waals surface area contributed by atoms with Crippen LogP contribution in [0, 0.1) is 5.92 Å². The molecule has 1 aliphatic rings. The Hall–Kier alpha value is -0.860. The van der Waals surface area contributed by atoms with Crippen LogP contribution in [-0.4, -0.2) is 16.7 Å². The highest BCUT2D eigenvalue weighted by Gasteiger charge is 2.31. The van der Waals surface area contributed by atoms with Crippen LogP contribution in [0.4, 0.5) is 0 Å².